The van der Waals surface area contributed by atoms with Gasteiger partial charge >= 0.3 is 0 Å². The van der Waals surface area contributed by atoms with Crippen molar-refractivity contribution in [3.63, 3.8) is 0 Å². The molecule has 1 aromatic heterocycles. The molecule has 0 aliphatic heterocycles. The van der Waals surface area contributed by atoms with Crippen molar-refractivity contribution >= 4 is 10.9 Å². The van der Waals surface area contributed by atoms with Gasteiger partial charge < -0.3 is 5.73 Å². The Balaban J connectivity index is 1.91. The van der Waals surface area contributed by atoms with Gasteiger partial charge in [0.1, 0.15) is 0 Å². The fourth-order valence-electron chi connectivity index (χ4n) is 2.40. The molecule has 2 N–H and O–H groups in total. The summed E-state index contributed by atoms with van der Waals surface area (Å²) in [4.78, 5) is 0. The summed E-state index contributed by atoms with van der Waals surface area (Å²) in [6.07, 6.45) is 3.83. The van der Waals surface area contributed by atoms with Crippen LogP contribution in [0.1, 0.15) is 18.9 Å². The highest BCUT2D eigenvalue weighted by Crippen LogP contribution is 2.18. The van der Waals surface area contributed by atoms with Crippen LogP contribution in [-0.4, -0.2) is 15.8 Å². The molecule has 1 atom stereocenters. The van der Waals surface area contributed by atoms with Crippen molar-refractivity contribution in [3.8, 4) is 5.69 Å². The Labute approximate surface area is 119 Å². The number of rotatable bonds is 4. The lowest BCUT2D eigenvalue weighted by Crippen LogP contribution is -2.21. The minimum Gasteiger partial charge on any atom is -0.327 e. The minimum atomic E-state index is 0.242. The topological polar surface area (TPSA) is 43.8 Å². The van der Waals surface area contributed by atoms with Gasteiger partial charge in [-0.3, -0.25) is 0 Å². The highest BCUT2D eigenvalue weighted by Gasteiger charge is 2.05. The minimum absolute atomic E-state index is 0.242. The van der Waals surface area contributed by atoms with Gasteiger partial charge in [-0.15, -0.1) is 0 Å². The zero-order chi connectivity index (χ0) is 13.9. The molecular formula is C17H19N3. The molecule has 1 unspecified atom stereocenters. The largest absolute Gasteiger partial charge is 0.327 e. The van der Waals surface area contributed by atoms with Gasteiger partial charge in [-0.1, -0.05) is 37.3 Å². The predicted molar refractivity (Wildman–Crippen MR) is 83.0 cm³/mol. The highest BCUT2D eigenvalue weighted by atomic mass is 15.3. The van der Waals surface area contributed by atoms with Crippen LogP contribution in [0.25, 0.3) is 16.6 Å². The van der Waals surface area contributed by atoms with E-state index in [1.54, 1.807) is 0 Å². The molecular weight excluding hydrogens is 246 g/mol. The van der Waals surface area contributed by atoms with Gasteiger partial charge in [-0.2, -0.15) is 5.10 Å². The van der Waals surface area contributed by atoms with Crippen LogP contribution in [0.5, 0.6) is 0 Å². The molecule has 0 bridgehead atoms. The quantitative estimate of drug-likeness (QED) is 0.786. The molecule has 2 aromatic carbocycles. The molecule has 0 spiro atoms. The first-order valence-corrected chi connectivity index (χ1v) is 7.05. The lowest BCUT2D eigenvalue weighted by atomic mass is 10.0. The van der Waals surface area contributed by atoms with E-state index in [4.69, 9.17) is 5.73 Å². The number of benzene rings is 2. The molecule has 3 heteroatoms. The molecule has 1 heterocycles. The summed E-state index contributed by atoms with van der Waals surface area (Å²) in [6.45, 7) is 2.12. The maximum Gasteiger partial charge on any atom is 0.0741 e. The summed E-state index contributed by atoms with van der Waals surface area (Å²) in [6, 6.07) is 17.0. The molecule has 0 saturated heterocycles. The lowest BCUT2D eigenvalue weighted by molar-refractivity contribution is 0.646. The number of hydrogen-bond acceptors (Lipinski definition) is 2. The Morgan fingerprint density at radius 1 is 1.10 bits per heavy atom. The smallest absolute Gasteiger partial charge is 0.0741 e. The van der Waals surface area contributed by atoms with Gasteiger partial charge in [0, 0.05) is 11.4 Å². The first-order chi connectivity index (χ1) is 9.78. The normalized spacial score (nSPS) is 12.7. The highest BCUT2D eigenvalue weighted by molar-refractivity contribution is 5.80. The first-order valence-electron chi connectivity index (χ1n) is 7.05. The van der Waals surface area contributed by atoms with Gasteiger partial charge in [0.25, 0.3) is 0 Å². The number of aromatic nitrogens is 2. The third-order valence-corrected chi connectivity index (χ3v) is 3.68. The van der Waals surface area contributed by atoms with Crippen LogP contribution in [0.2, 0.25) is 0 Å². The van der Waals surface area contributed by atoms with Crippen molar-refractivity contribution in [2.45, 2.75) is 25.8 Å². The zero-order valence-corrected chi connectivity index (χ0v) is 11.7. The Hall–Kier alpha value is -2.13. The van der Waals surface area contributed by atoms with Crippen molar-refractivity contribution in [1.82, 2.24) is 9.78 Å². The van der Waals surface area contributed by atoms with Gasteiger partial charge in [-0.25, -0.2) is 4.68 Å². The number of fused-ring (bicyclic) bond motifs is 1. The predicted octanol–water partition coefficient (Wildman–Crippen LogP) is 3.31. The van der Waals surface area contributed by atoms with Crippen LogP contribution < -0.4 is 5.73 Å². The van der Waals surface area contributed by atoms with Gasteiger partial charge in [0.15, 0.2) is 0 Å². The fourth-order valence-corrected chi connectivity index (χ4v) is 2.40. The first kappa shape index (κ1) is 12.9. The van der Waals surface area contributed by atoms with E-state index in [9.17, 15) is 0 Å². The summed E-state index contributed by atoms with van der Waals surface area (Å²) in [5.41, 5.74) is 9.49. The Morgan fingerprint density at radius 3 is 2.60 bits per heavy atom. The van der Waals surface area contributed by atoms with Crippen molar-refractivity contribution in [3.05, 3.63) is 60.3 Å². The number of nitrogens with zero attached hydrogens (tertiary/aromatic N) is 2. The molecule has 0 aliphatic rings. The molecule has 0 saturated carbocycles. The maximum absolute atomic E-state index is 5.99. The van der Waals surface area contributed by atoms with E-state index in [1.165, 1.54) is 5.56 Å². The average molecular weight is 265 g/mol. The van der Waals surface area contributed by atoms with Gasteiger partial charge in [0.05, 0.1) is 17.4 Å². The fraction of sp³-hybridized carbons (Fsp3) is 0.235. The average Bonchev–Trinajstić information content (AvgIpc) is 2.92. The van der Waals surface area contributed by atoms with E-state index in [-0.39, 0.29) is 6.04 Å². The molecule has 0 amide bonds. The second kappa shape index (κ2) is 5.47. The summed E-state index contributed by atoms with van der Waals surface area (Å²) in [5.74, 6) is 0. The molecule has 3 aromatic rings. The van der Waals surface area contributed by atoms with E-state index in [1.807, 2.05) is 23.0 Å². The van der Waals surface area contributed by atoms with Crippen LogP contribution in [0, 0.1) is 0 Å². The van der Waals surface area contributed by atoms with E-state index in [0.717, 1.165) is 29.4 Å². The van der Waals surface area contributed by atoms with Crippen LogP contribution in [-0.2, 0) is 6.42 Å². The molecule has 3 rings (SSSR count). The maximum atomic E-state index is 5.99. The van der Waals surface area contributed by atoms with Crippen LogP contribution in [0.15, 0.2) is 54.7 Å². The standard InChI is InChI=1S/C17H19N3/c1-2-15(18)11-13-7-9-16(10-8-13)20-17-6-4-3-5-14(17)12-19-20/h3-10,12,15H,2,11,18H2,1H3. The van der Waals surface area contributed by atoms with Crippen molar-refractivity contribution in [2.75, 3.05) is 0 Å². The molecule has 3 nitrogen and oxygen atoms in total. The second-order valence-corrected chi connectivity index (χ2v) is 5.15. The van der Waals surface area contributed by atoms with E-state index in [2.05, 4.69) is 48.4 Å². The second-order valence-electron chi connectivity index (χ2n) is 5.15. The van der Waals surface area contributed by atoms with Crippen molar-refractivity contribution < 1.29 is 0 Å². The van der Waals surface area contributed by atoms with Gasteiger partial charge in [-0.05, 0) is 36.6 Å². The Morgan fingerprint density at radius 2 is 1.85 bits per heavy atom. The van der Waals surface area contributed by atoms with Crippen LogP contribution in [0.4, 0.5) is 0 Å². The molecule has 102 valence electrons. The summed E-state index contributed by atoms with van der Waals surface area (Å²) >= 11 is 0. The zero-order valence-electron chi connectivity index (χ0n) is 11.7. The molecule has 0 fully saturated rings. The van der Waals surface area contributed by atoms with Gasteiger partial charge in [0.2, 0.25) is 0 Å². The lowest BCUT2D eigenvalue weighted by Gasteiger charge is -2.09. The Bertz CT molecular complexity index is 698. The molecule has 0 radical (unpaired) electrons. The third-order valence-electron chi connectivity index (χ3n) is 3.68. The molecule has 0 aliphatic carbocycles. The number of nitrogens with two attached hydrogens (primary N) is 1. The van der Waals surface area contributed by atoms with E-state index >= 15 is 0 Å². The van der Waals surface area contributed by atoms with Crippen LogP contribution >= 0.6 is 0 Å². The summed E-state index contributed by atoms with van der Waals surface area (Å²) in [5, 5.41) is 5.62. The van der Waals surface area contributed by atoms with Crippen LogP contribution in [0.3, 0.4) is 0 Å². The number of hydrogen-bond donors (Lipinski definition) is 1. The van der Waals surface area contributed by atoms with Crippen molar-refractivity contribution in [1.29, 1.82) is 0 Å². The SMILES string of the molecule is CCC(N)Cc1ccc(-n2ncc3ccccc32)cc1. The van der Waals surface area contributed by atoms with E-state index < -0.39 is 0 Å². The molecule has 20 heavy (non-hydrogen) atoms. The summed E-state index contributed by atoms with van der Waals surface area (Å²) < 4.78 is 1.97. The van der Waals surface area contributed by atoms with E-state index in [0.29, 0.717) is 0 Å². The number of para-hydroxylation sites is 1. The monoisotopic (exact) mass is 265 g/mol. The van der Waals surface area contributed by atoms with Crippen molar-refractivity contribution in [2.24, 2.45) is 5.73 Å². The Kier molecular flexibility index (Phi) is 3.52. The summed E-state index contributed by atoms with van der Waals surface area (Å²) in [7, 11) is 0. The third kappa shape index (κ3) is 2.45.